The summed E-state index contributed by atoms with van der Waals surface area (Å²) in [5, 5.41) is 0. The van der Waals surface area contributed by atoms with Crippen LogP contribution in [0.25, 0.3) is 0 Å². The molecule has 0 bridgehead atoms. The standard InChI is InChI=1S/C11H23O2P/c1-11(12-2,13-3)9-7-6-8-10(9)14(4)5/h9-10H,6-8H2,1-5H3. The summed E-state index contributed by atoms with van der Waals surface area (Å²) in [6.07, 6.45) is 3.94. The van der Waals surface area contributed by atoms with Crippen molar-refractivity contribution >= 4 is 7.92 Å². The molecule has 1 aliphatic carbocycles. The Bertz CT molecular complexity index is 178. The van der Waals surface area contributed by atoms with Crippen LogP contribution in [-0.4, -0.2) is 39.0 Å². The Morgan fingerprint density at radius 2 is 1.71 bits per heavy atom. The summed E-state index contributed by atoms with van der Waals surface area (Å²) < 4.78 is 11.1. The third-order valence-corrected chi connectivity index (χ3v) is 5.57. The van der Waals surface area contributed by atoms with E-state index in [1.165, 1.54) is 19.3 Å². The molecule has 0 spiro atoms. The maximum absolute atomic E-state index is 5.54. The molecule has 84 valence electrons. The first-order chi connectivity index (χ1) is 6.55. The van der Waals surface area contributed by atoms with Crippen LogP contribution < -0.4 is 0 Å². The van der Waals surface area contributed by atoms with Crippen LogP contribution in [0.1, 0.15) is 26.2 Å². The minimum atomic E-state index is -0.367. The molecule has 0 amide bonds. The van der Waals surface area contributed by atoms with E-state index < -0.39 is 0 Å². The van der Waals surface area contributed by atoms with Gasteiger partial charge in [-0.2, -0.15) is 0 Å². The van der Waals surface area contributed by atoms with Crippen molar-refractivity contribution in [3.63, 3.8) is 0 Å². The van der Waals surface area contributed by atoms with E-state index in [-0.39, 0.29) is 13.7 Å². The lowest BCUT2D eigenvalue weighted by Gasteiger charge is -2.37. The van der Waals surface area contributed by atoms with E-state index >= 15 is 0 Å². The van der Waals surface area contributed by atoms with Crippen LogP contribution >= 0.6 is 7.92 Å². The fourth-order valence-electron chi connectivity index (χ4n) is 2.56. The van der Waals surface area contributed by atoms with Gasteiger partial charge < -0.3 is 9.47 Å². The number of methoxy groups -OCH3 is 2. The number of hydrogen-bond acceptors (Lipinski definition) is 2. The molecule has 14 heavy (non-hydrogen) atoms. The molecule has 0 aromatic rings. The second-order valence-electron chi connectivity index (χ2n) is 4.49. The Morgan fingerprint density at radius 1 is 1.14 bits per heavy atom. The predicted octanol–water partition coefficient (Wildman–Crippen LogP) is 2.91. The molecule has 1 rings (SSSR count). The second-order valence-corrected chi connectivity index (χ2v) is 7.08. The van der Waals surface area contributed by atoms with Gasteiger partial charge in [-0.25, -0.2) is 0 Å². The molecule has 2 atom stereocenters. The summed E-state index contributed by atoms with van der Waals surface area (Å²) in [6.45, 7) is 6.81. The fraction of sp³-hybridized carbons (Fsp3) is 1.00. The maximum atomic E-state index is 5.54. The minimum absolute atomic E-state index is 0.123. The molecular weight excluding hydrogens is 195 g/mol. The van der Waals surface area contributed by atoms with E-state index in [2.05, 4.69) is 20.3 Å². The van der Waals surface area contributed by atoms with Crippen molar-refractivity contribution in [3.05, 3.63) is 0 Å². The first kappa shape index (κ1) is 12.4. The Balaban J connectivity index is 2.74. The van der Waals surface area contributed by atoms with E-state index in [0.29, 0.717) is 5.92 Å². The summed E-state index contributed by atoms with van der Waals surface area (Å²) in [7, 11) is 3.64. The molecule has 2 unspecified atom stereocenters. The van der Waals surface area contributed by atoms with Gasteiger partial charge in [0, 0.05) is 20.1 Å². The van der Waals surface area contributed by atoms with Gasteiger partial charge in [-0.05, 0) is 38.8 Å². The highest BCUT2D eigenvalue weighted by Crippen LogP contribution is 2.50. The molecule has 3 heteroatoms. The highest BCUT2D eigenvalue weighted by molar-refractivity contribution is 7.56. The summed E-state index contributed by atoms with van der Waals surface area (Å²) in [5.74, 6) is 0.215. The van der Waals surface area contributed by atoms with E-state index in [4.69, 9.17) is 9.47 Å². The summed E-state index contributed by atoms with van der Waals surface area (Å²) in [6, 6.07) is 0. The largest absolute Gasteiger partial charge is 0.353 e. The quantitative estimate of drug-likeness (QED) is 0.533. The van der Waals surface area contributed by atoms with Gasteiger partial charge in [-0.1, -0.05) is 6.42 Å². The molecule has 0 radical (unpaired) electrons. The van der Waals surface area contributed by atoms with Crippen LogP contribution in [0.5, 0.6) is 0 Å². The molecule has 1 saturated carbocycles. The molecule has 0 N–H and O–H groups in total. The maximum Gasteiger partial charge on any atom is 0.168 e. The van der Waals surface area contributed by atoms with Crippen molar-refractivity contribution in [2.75, 3.05) is 27.5 Å². The average molecular weight is 218 g/mol. The zero-order chi connectivity index (χ0) is 10.8. The van der Waals surface area contributed by atoms with Gasteiger partial charge in [0.1, 0.15) is 0 Å². The van der Waals surface area contributed by atoms with Gasteiger partial charge in [0.15, 0.2) is 5.79 Å². The Hall–Kier alpha value is 0.350. The third-order valence-electron chi connectivity index (χ3n) is 3.63. The molecule has 0 saturated heterocycles. The number of hydrogen-bond donors (Lipinski definition) is 0. The van der Waals surface area contributed by atoms with Crippen molar-refractivity contribution in [1.82, 2.24) is 0 Å². The second kappa shape index (κ2) is 4.92. The first-order valence-corrected chi connectivity index (χ1v) is 7.62. The first-order valence-electron chi connectivity index (χ1n) is 5.32. The lowest BCUT2D eigenvalue weighted by molar-refractivity contribution is -0.224. The van der Waals surface area contributed by atoms with Gasteiger partial charge >= 0.3 is 0 Å². The Labute approximate surface area is 89.1 Å². The van der Waals surface area contributed by atoms with E-state index in [9.17, 15) is 0 Å². The predicted molar refractivity (Wildman–Crippen MR) is 62.3 cm³/mol. The smallest absolute Gasteiger partial charge is 0.168 e. The van der Waals surface area contributed by atoms with Crippen molar-refractivity contribution in [3.8, 4) is 0 Å². The monoisotopic (exact) mass is 218 g/mol. The van der Waals surface area contributed by atoms with E-state index in [0.717, 1.165) is 5.66 Å². The molecule has 2 nitrogen and oxygen atoms in total. The molecule has 0 heterocycles. The van der Waals surface area contributed by atoms with Crippen molar-refractivity contribution in [2.24, 2.45) is 5.92 Å². The minimum Gasteiger partial charge on any atom is -0.353 e. The summed E-state index contributed by atoms with van der Waals surface area (Å²) in [4.78, 5) is 0. The van der Waals surface area contributed by atoms with Crippen LogP contribution in [0.4, 0.5) is 0 Å². The molecule has 1 fully saturated rings. The van der Waals surface area contributed by atoms with Gasteiger partial charge in [0.25, 0.3) is 0 Å². The van der Waals surface area contributed by atoms with Crippen LogP contribution in [0.3, 0.4) is 0 Å². The van der Waals surface area contributed by atoms with Crippen molar-refractivity contribution in [1.29, 1.82) is 0 Å². The average Bonchev–Trinajstić information content (AvgIpc) is 2.65. The van der Waals surface area contributed by atoms with E-state index in [1.807, 2.05) is 0 Å². The highest BCUT2D eigenvalue weighted by atomic mass is 31.1. The van der Waals surface area contributed by atoms with Gasteiger partial charge in [-0.3, -0.25) is 0 Å². The molecule has 0 aliphatic heterocycles. The van der Waals surface area contributed by atoms with Crippen LogP contribution in [-0.2, 0) is 9.47 Å². The zero-order valence-corrected chi connectivity index (χ0v) is 10.9. The van der Waals surface area contributed by atoms with Crippen LogP contribution in [0.15, 0.2) is 0 Å². The number of rotatable bonds is 4. The molecule has 0 aromatic carbocycles. The molecule has 1 aliphatic rings. The molecule has 0 aromatic heterocycles. The fourth-order valence-corrected chi connectivity index (χ4v) is 4.39. The van der Waals surface area contributed by atoms with E-state index in [1.54, 1.807) is 14.2 Å². The van der Waals surface area contributed by atoms with Crippen LogP contribution in [0.2, 0.25) is 0 Å². The van der Waals surface area contributed by atoms with Gasteiger partial charge in [0.05, 0.1) is 0 Å². The van der Waals surface area contributed by atoms with Gasteiger partial charge in [0.2, 0.25) is 0 Å². The summed E-state index contributed by atoms with van der Waals surface area (Å²) in [5.41, 5.74) is 0.815. The third kappa shape index (κ3) is 2.29. The lowest BCUT2D eigenvalue weighted by atomic mass is 9.98. The normalized spacial score (nSPS) is 28.7. The van der Waals surface area contributed by atoms with Crippen LogP contribution in [0, 0.1) is 5.92 Å². The zero-order valence-electron chi connectivity index (χ0n) is 10.0. The Morgan fingerprint density at radius 3 is 2.14 bits per heavy atom. The topological polar surface area (TPSA) is 18.5 Å². The number of ether oxygens (including phenoxy) is 2. The Kier molecular flexibility index (Phi) is 4.36. The van der Waals surface area contributed by atoms with Gasteiger partial charge in [-0.15, -0.1) is 7.92 Å². The van der Waals surface area contributed by atoms with Crippen molar-refractivity contribution < 1.29 is 9.47 Å². The van der Waals surface area contributed by atoms with Crippen molar-refractivity contribution in [2.45, 2.75) is 37.6 Å². The molecular formula is C11H23O2P. The lowest BCUT2D eigenvalue weighted by Crippen LogP contribution is -2.42. The summed E-state index contributed by atoms with van der Waals surface area (Å²) >= 11 is 0. The SMILES string of the molecule is COC(C)(OC)C1CCCC1P(C)C. The highest BCUT2D eigenvalue weighted by Gasteiger charge is 2.43.